The third-order valence-corrected chi connectivity index (χ3v) is 8.69. The zero-order chi connectivity index (χ0) is 36.2. The van der Waals surface area contributed by atoms with Gasteiger partial charge in [-0.3, -0.25) is 4.90 Å². The molecule has 0 saturated heterocycles. The van der Waals surface area contributed by atoms with E-state index < -0.39 is 93.2 Å². The maximum atomic E-state index is 12.7. The quantitative estimate of drug-likeness (QED) is 0.0593. The number of nitrogens with one attached hydrogen (secondary N) is 1. The fourth-order valence-corrected chi connectivity index (χ4v) is 5.85. The van der Waals surface area contributed by atoms with Crippen molar-refractivity contribution < 1.29 is 70.5 Å². The zero-order valence-electron chi connectivity index (χ0n) is 26.8. The number of fused-ring (bicyclic) bond motifs is 3. The molecule has 0 heterocycles. The van der Waals surface area contributed by atoms with Crippen LogP contribution in [0.4, 0.5) is 4.79 Å². The van der Waals surface area contributed by atoms with E-state index in [0.717, 1.165) is 22.3 Å². The van der Waals surface area contributed by atoms with Crippen LogP contribution in [0.2, 0.25) is 0 Å². The van der Waals surface area contributed by atoms with Crippen molar-refractivity contribution in [1.29, 1.82) is 0 Å². The predicted octanol–water partition coefficient (Wildman–Crippen LogP) is -2.68. The van der Waals surface area contributed by atoms with Crippen LogP contribution in [0.25, 0.3) is 11.1 Å². The summed E-state index contributed by atoms with van der Waals surface area (Å²) in [6.45, 7) is -2.74. The Labute approximate surface area is 283 Å². The van der Waals surface area contributed by atoms with E-state index in [9.17, 15) is 55.5 Å². The number of rotatable bonds is 21. The summed E-state index contributed by atoms with van der Waals surface area (Å²) in [5, 5.41) is 111. The van der Waals surface area contributed by atoms with Crippen LogP contribution < -0.4 is 5.32 Å². The molecule has 12 N–H and O–H groups in total. The van der Waals surface area contributed by atoms with Gasteiger partial charge in [0.05, 0.1) is 25.4 Å². The van der Waals surface area contributed by atoms with Crippen LogP contribution in [0.5, 0.6) is 0 Å². The van der Waals surface area contributed by atoms with Gasteiger partial charge in [0, 0.05) is 19.0 Å². The Bertz CT molecular complexity index is 1260. The number of alkyl carbamates (subject to hydrolysis) is 1. The highest BCUT2D eigenvalue weighted by atomic mass is 16.5. The number of carbonyl (C=O) groups excluding carboxylic acids is 1. The molecule has 0 aliphatic heterocycles. The first-order valence-corrected chi connectivity index (χ1v) is 16.0. The number of aliphatic hydroxyl groups excluding tert-OH is 10. The van der Waals surface area contributed by atoms with Crippen LogP contribution in [0.15, 0.2) is 48.5 Å². The second-order valence-corrected chi connectivity index (χ2v) is 12.2. The van der Waals surface area contributed by atoms with Crippen molar-refractivity contribution in [2.24, 2.45) is 0 Å². The number of nitrogens with zero attached hydrogens (tertiary/aromatic N) is 1. The molecule has 9 atom stereocenters. The molecule has 0 fully saturated rings. The Hall–Kier alpha value is -3.26. The molecule has 16 heteroatoms. The molecule has 2 aromatic carbocycles. The molecule has 1 aliphatic carbocycles. The van der Waals surface area contributed by atoms with E-state index in [1.165, 1.54) is 4.90 Å². The molecule has 0 aromatic heterocycles. The lowest BCUT2D eigenvalue weighted by atomic mass is 9.98. The minimum absolute atomic E-state index is 0.00212. The molecule has 0 saturated carbocycles. The summed E-state index contributed by atoms with van der Waals surface area (Å²) < 4.78 is 5.45. The Morgan fingerprint density at radius 3 is 1.59 bits per heavy atom. The molecule has 1 amide bonds. The monoisotopic (exact) mass is 696 g/mol. The number of hydrogen-bond donors (Lipinski definition) is 12. The fraction of sp³-hybridized carbons (Fsp3) is 0.576. The average Bonchev–Trinajstić information content (AvgIpc) is 3.42. The Kier molecular flexibility index (Phi) is 15.8. The predicted molar refractivity (Wildman–Crippen MR) is 172 cm³/mol. The van der Waals surface area contributed by atoms with E-state index in [1.807, 2.05) is 48.5 Å². The summed E-state index contributed by atoms with van der Waals surface area (Å²) in [5.74, 6) is -1.54. The lowest BCUT2D eigenvalue weighted by molar-refractivity contribution is -0.139. The van der Waals surface area contributed by atoms with Crippen molar-refractivity contribution in [3.63, 3.8) is 0 Å². The second-order valence-electron chi connectivity index (χ2n) is 12.2. The normalized spacial score (nSPS) is 18.3. The topological polar surface area (TPSA) is 281 Å². The minimum atomic E-state index is -1.94. The summed E-state index contributed by atoms with van der Waals surface area (Å²) in [6.07, 6.45) is -15.3. The molecule has 274 valence electrons. The van der Waals surface area contributed by atoms with Gasteiger partial charge in [-0.25, -0.2) is 9.59 Å². The van der Waals surface area contributed by atoms with E-state index in [1.54, 1.807) is 0 Å². The van der Waals surface area contributed by atoms with Gasteiger partial charge < -0.3 is 66.2 Å². The molecule has 2 aromatic rings. The number of carboxylic acid groups (broad SMARTS) is 1. The summed E-state index contributed by atoms with van der Waals surface area (Å²) in [4.78, 5) is 25.9. The van der Waals surface area contributed by atoms with Gasteiger partial charge in [0.2, 0.25) is 0 Å². The fourth-order valence-electron chi connectivity index (χ4n) is 5.85. The van der Waals surface area contributed by atoms with Crippen LogP contribution in [0.1, 0.15) is 36.3 Å². The van der Waals surface area contributed by atoms with E-state index in [4.69, 9.17) is 14.9 Å². The second kappa shape index (κ2) is 19.2. The number of ether oxygens (including phenoxy) is 1. The highest BCUT2D eigenvalue weighted by Crippen LogP contribution is 2.44. The van der Waals surface area contributed by atoms with Gasteiger partial charge >= 0.3 is 12.1 Å². The number of unbranched alkanes of at least 4 members (excludes halogenated alkanes) is 1. The van der Waals surface area contributed by atoms with Gasteiger partial charge in [0.1, 0.15) is 49.3 Å². The first-order valence-electron chi connectivity index (χ1n) is 16.0. The van der Waals surface area contributed by atoms with Crippen LogP contribution in [-0.4, -0.2) is 167 Å². The van der Waals surface area contributed by atoms with Crippen molar-refractivity contribution in [3.8, 4) is 11.1 Å². The van der Waals surface area contributed by atoms with Crippen LogP contribution in [0.3, 0.4) is 0 Å². The molecule has 0 radical (unpaired) electrons. The van der Waals surface area contributed by atoms with Gasteiger partial charge in [-0.15, -0.1) is 0 Å². The van der Waals surface area contributed by atoms with Gasteiger partial charge in [0.25, 0.3) is 0 Å². The first-order chi connectivity index (χ1) is 23.3. The number of benzene rings is 2. The van der Waals surface area contributed by atoms with Crippen molar-refractivity contribution in [3.05, 3.63) is 59.7 Å². The third-order valence-electron chi connectivity index (χ3n) is 8.69. The lowest BCUT2D eigenvalue weighted by Crippen LogP contribution is -2.53. The third kappa shape index (κ3) is 10.9. The number of hydrogen-bond acceptors (Lipinski definition) is 14. The van der Waals surface area contributed by atoms with E-state index in [2.05, 4.69) is 5.32 Å². The number of aliphatic carboxylic acids is 1. The highest BCUT2D eigenvalue weighted by Gasteiger charge is 2.35. The van der Waals surface area contributed by atoms with Crippen molar-refractivity contribution in [2.45, 2.75) is 80.1 Å². The summed E-state index contributed by atoms with van der Waals surface area (Å²) in [7, 11) is 0. The Balaban J connectivity index is 1.57. The molecule has 1 aliphatic rings. The summed E-state index contributed by atoms with van der Waals surface area (Å²) >= 11 is 0. The molecular formula is C33H48N2O14. The molecule has 0 spiro atoms. The number of amides is 1. The van der Waals surface area contributed by atoms with E-state index >= 15 is 0 Å². The number of carboxylic acids is 1. The molecule has 9 unspecified atom stereocenters. The molecule has 16 nitrogen and oxygen atoms in total. The summed E-state index contributed by atoms with van der Waals surface area (Å²) in [6, 6.07) is 14.2. The van der Waals surface area contributed by atoms with Gasteiger partial charge in [-0.2, -0.15) is 0 Å². The molecular weight excluding hydrogens is 648 g/mol. The van der Waals surface area contributed by atoms with Crippen molar-refractivity contribution in [1.82, 2.24) is 10.2 Å². The molecule has 3 rings (SSSR count). The van der Waals surface area contributed by atoms with E-state index in [0.29, 0.717) is 0 Å². The average molecular weight is 697 g/mol. The first kappa shape index (κ1) is 40.2. The maximum Gasteiger partial charge on any atom is 0.407 e. The number of aliphatic hydroxyl groups is 10. The van der Waals surface area contributed by atoms with Crippen molar-refractivity contribution in [2.75, 3.05) is 39.5 Å². The van der Waals surface area contributed by atoms with Crippen molar-refractivity contribution >= 4 is 12.1 Å². The van der Waals surface area contributed by atoms with Crippen LogP contribution >= 0.6 is 0 Å². The summed E-state index contributed by atoms with van der Waals surface area (Å²) in [5.41, 5.74) is 4.05. The van der Waals surface area contributed by atoms with Crippen LogP contribution in [-0.2, 0) is 9.53 Å². The van der Waals surface area contributed by atoms with Gasteiger partial charge in [-0.05, 0) is 48.1 Å². The van der Waals surface area contributed by atoms with Gasteiger partial charge in [-0.1, -0.05) is 48.5 Å². The number of carbonyl (C=O) groups is 2. The largest absolute Gasteiger partial charge is 0.480 e. The Morgan fingerprint density at radius 2 is 1.14 bits per heavy atom. The Morgan fingerprint density at radius 1 is 0.694 bits per heavy atom. The standard InChI is InChI=1S/C33H48N2O14/c36-15-26(40)30(44)28(42)24(38)13-35(14-25(39)29(43)31(45)27(41)16-37)12-6-5-11-23(32(46)47)34-33(48)49-17-22-20-9-3-1-7-18(20)19-8-2-4-10-21(19)22/h1-4,7-10,22-31,36-45H,5-6,11-17H2,(H,34,48)(H,46,47). The maximum absolute atomic E-state index is 12.7. The zero-order valence-corrected chi connectivity index (χ0v) is 26.8. The highest BCUT2D eigenvalue weighted by molar-refractivity contribution is 5.81. The van der Waals surface area contributed by atoms with Gasteiger partial charge in [0.15, 0.2) is 0 Å². The molecule has 49 heavy (non-hydrogen) atoms. The van der Waals surface area contributed by atoms with E-state index in [-0.39, 0.29) is 38.3 Å². The smallest absolute Gasteiger partial charge is 0.407 e. The minimum Gasteiger partial charge on any atom is -0.480 e. The van der Waals surface area contributed by atoms with Crippen LogP contribution in [0, 0.1) is 0 Å². The SMILES string of the molecule is O=C(NC(CCCCN(CC(O)C(O)C(O)C(O)CO)CC(O)C(O)C(O)C(O)CO)C(=O)O)OCC1c2ccccc2-c2ccccc21. The lowest BCUT2D eigenvalue weighted by Gasteiger charge is -2.33. The molecule has 0 bridgehead atoms.